The van der Waals surface area contributed by atoms with Gasteiger partial charge in [0.05, 0.1) is 0 Å². The lowest BCUT2D eigenvalue weighted by atomic mass is 10.0. The summed E-state index contributed by atoms with van der Waals surface area (Å²) in [6.45, 7) is 2.15. The third-order valence-electron chi connectivity index (χ3n) is 3.88. The highest BCUT2D eigenvalue weighted by Crippen LogP contribution is 2.26. The fourth-order valence-electron chi connectivity index (χ4n) is 2.80. The van der Waals surface area contributed by atoms with E-state index in [9.17, 15) is 13.5 Å². The minimum absolute atomic E-state index is 0.194. The van der Waals surface area contributed by atoms with Crippen molar-refractivity contribution in [2.45, 2.75) is 25.8 Å². The van der Waals surface area contributed by atoms with Gasteiger partial charge in [-0.15, -0.1) is 0 Å². The van der Waals surface area contributed by atoms with Crippen LogP contribution in [-0.4, -0.2) is 41.8 Å². The van der Waals surface area contributed by atoms with Crippen LogP contribution in [0.4, 0.5) is 0 Å². The Balaban J connectivity index is 1.85. The maximum absolute atomic E-state index is 12.5. The first-order valence-electron chi connectivity index (χ1n) is 6.63. The topological polar surface area (TPSA) is 60.9 Å². The van der Waals surface area contributed by atoms with Crippen LogP contribution in [0.1, 0.15) is 24.0 Å². The maximum atomic E-state index is 12.5. The summed E-state index contributed by atoms with van der Waals surface area (Å²) in [7, 11) is -3.33. The van der Waals surface area contributed by atoms with Gasteiger partial charge < -0.3 is 5.11 Å². The minimum Gasteiger partial charge on any atom is -0.508 e. The predicted octanol–water partition coefficient (Wildman–Crippen LogP) is 1.09. The van der Waals surface area contributed by atoms with Gasteiger partial charge in [-0.25, -0.2) is 0 Å². The summed E-state index contributed by atoms with van der Waals surface area (Å²) in [5.41, 5.74) is 2.04. The zero-order chi connectivity index (χ0) is 13.5. The summed E-state index contributed by atoms with van der Waals surface area (Å²) in [5.74, 6) is 0.194. The van der Waals surface area contributed by atoms with Gasteiger partial charge in [0.15, 0.2) is 0 Å². The van der Waals surface area contributed by atoms with E-state index in [1.165, 1.54) is 4.31 Å². The molecule has 5 nitrogen and oxygen atoms in total. The number of fused-ring (bicyclic) bond motifs is 1. The molecule has 0 amide bonds. The number of aromatic hydroxyl groups is 1. The summed E-state index contributed by atoms with van der Waals surface area (Å²) in [6, 6.07) is 5.20. The Kier molecular flexibility index (Phi) is 3.24. The second-order valence-electron chi connectivity index (χ2n) is 5.15. The van der Waals surface area contributed by atoms with E-state index in [0.717, 1.165) is 24.0 Å². The van der Waals surface area contributed by atoms with Crippen LogP contribution in [0.3, 0.4) is 0 Å². The molecular weight excluding hydrogens is 264 g/mol. The van der Waals surface area contributed by atoms with Gasteiger partial charge in [-0.05, 0) is 42.5 Å². The zero-order valence-electron chi connectivity index (χ0n) is 10.7. The quantitative estimate of drug-likeness (QED) is 0.883. The molecule has 2 aliphatic rings. The summed E-state index contributed by atoms with van der Waals surface area (Å²) >= 11 is 0. The molecule has 0 aromatic heterocycles. The number of nitrogens with zero attached hydrogens (tertiary/aromatic N) is 2. The second kappa shape index (κ2) is 4.77. The normalized spacial score (nSPS) is 21.5. The molecule has 0 saturated carbocycles. The standard InChI is InChI=1S/C13H18N2O3S/c16-13-4-3-11-5-8-15(10-12(11)9-13)19(17,18)14-6-1-2-7-14/h3-4,9,16H,1-2,5-8,10H2. The van der Waals surface area contributed by atoms with Gasteiger partial charge in [0.2, 0.25) is 0 Å². The molecule has 0 aliphatic carbocycles. The maximum Gasteiger partial charge on any atom is 0.282 e. The molecule has 6 heteroatoms. The van der Waals surface area contributed by atoms with Crippen molar-refractivity contribution < 1.29 is 13.5 Å². The Morgan fingerprint density at radius 1 is 1.00 bits per heavy atom. The van der Waals surface area contributed by atoms with Gasteiger partial charge >= 0.3 is 0 Å². The lowest BCUT2D eigenvalue weighted by Crippen LogP contribution is -2.44. The fourth-order valence-corrected chi connectivity index (χ4v) is 4.47. The predicted molar refractivity (Wildman–Crippen MR) is 71.9 cm³/mol. The van der Waals surface area contributed by atoms with Crippen molar-refractivity contribution in [1.82, 2.24) is 8.61 Å². The second-order valence-corrected chi connectivity index (χ2v) is 7.08. The van der Waals surface area contributed by atoms with Crippen LogP contribution in [0.5, 0.6) is 5.75 Å². The SMILES string of the molecule is O=S(=O)(N1CCCC1)N1CCc2ccc(O)cc2C1. The zero-order valence-corrected chi connectivity index (χ0v) is 11.6. The summed E-state index contributed by atoms with van der Waals surface area (Å²) in [6.07, 6.45) is 2.61. The number of hydrogen-bond acceptors (Lipinski definition) is 3. The molecule has 19 heavy (non-hydrogen) atoms. The highest BCUT2D eigenvalue weighted by molar-refractivity contribution is 7.86. The fraction of sp³-hybridized carbons (Fsp3) is 0.538. The van der Waals surface area contributed by atoms with Gasteiger partial charge in [-0.1, -0.05) is 6.07 Å². The Labute approximate surface area is 113 Å². The summed E-state index contributed by atoms with van der Waals surface area (Å²) in [5, 5.41) is 9.51. The first kappa shape index (κ1) is 12.9. The monoisotopic (exact) mass is 282 g/mol. The average Bonchev–Trinajstić information content (AvgIpc) is 2.92. The van der Waals surface area contributed by atoms with Crippen LogP contribution in [0.15, 0.2) is 18.2 Å². The molecule has 1 N–H and O–H groups in total. The molecule has 1 fully saturated rings. The number of benzene rings is 1. The van der Waals surface area contributed by atoms with Crippen LogP contribution >= 0.6 is 0 Å². The van der Waals surface area contributed by atoms with E-state index >= 15 is 0 Å². The molecule has 2 aliphatic heterocycles. The lowest BCUT2D eigenvalue weighted by Gasteiger charge is -2.31. The lowest BCUT2D eigenvalue weighted by molar-refractivity contribution is 0.344. The molecule has 3 rings (SSSR count). The van der Waals surface area contributed by atoms with E-state index in [1.54, 1.807) is 16.4 Å². The Bertz CT molecular complexity index is 580. The highest BCUT2D eigenvalue weighted by atomic mass is 32.2. The van der Waals surface area contributed by atoms with Crippen molar-refractivity contribution in [3.05, 3.63) is 29.3 Å². The van der Waals surface area contributed by atoms with Crippen LogP contribution in [-0.2, 0) is 23.2 Å². The van der Waals surface area contributed by atoms with Crippen LogP contribution in [0.25, 0.3) is 0 Å². The third kappa shape index (κ3) is 2.35. The number of rotatable bonds is 2. The van der Waals surface area contributed by atoms with Gasteiger partial charge in [-0.2, -0.15) is 17.0 Å². The Hall–Kier alpha value is -1.11. The van der Waals surface area contributed by atoms with Crippen LogP contribution in [0, 0.1) is 0 Å². The van der Waals surface area contributed by atoms with Crippen molar-refractivity contribution in [3.8, 4) is 5.75 Å². The largest absolute Gasteiger partial charge is 0.508 e. The number of hydrogen-bond donors (Lipinski definition) is 1. The molecule has 0 spiro atoms. The molecule has 1 aromatic rings. The first-order valence-corrected chi connectivity index (χ1v) is 8.03. The van der Waals surface area contributed by atoms with E-state index in [1.807, 2.05) is 6.07 Å². The van der Waals surface area contributed by atoms with Crippen molar-refractivity contribution in [2.24, 2.45) is 0 Å². The molecule has 0 unspecified atom stereocenters. The first-order chi connectivity index (χ1) is 9.07. The van der Waals surface area contributed by atoms with Crippen molar-refractivity contribution in [1.29, 1.82) is 0 Å². The summed E-state index contributed by atoms with van der Waals surface area (Å²) in [4.78, 5) is 0. The third-order valence-corrected chi connectivity index (χ3v) is 5.87. The van der Waals surface area contributed by atoms with Crippen LogP contribution in [0.2, 0.25) is 0 Å². The van der Waals surface area contributed by atoms with E-state index < -0.39 is 10.2 Å². The van der Waals surface area contributed by atoms with E-state index in [4.69, 9.17) is 0 Å². The van der Waals surface area contributed by atoms with E-state index in [-0.39, 0.29) is 5.75 Å². The molecule has 0 radical (unpaired) electrons. The van der Waals surface area contributed by atoms with Gasteiger partial charge in [0.1, 0.15) is 5.75 Å². The van der Waals surface area contributed by atoms with Gasteiger partial charge in [-0.3, -0.25) is 0 Å². The van der Waals surface area contributed by atoms with Crippen molar-refractivity contribution in [2.75, 3.05) is 19.6 Å². The van der Waals surface area contributed by atoms with Gasteiger partial charge in [0, 0.05) is 26.2 Å². The molecule has 0 bridgehead atoms. The molecule has 104 valence electrons. The number of phenolic OH excluding ortho intramolecular Hbond substituents is 1. The molecule has 1 aromatic carbocycles. The average molecular weight is 282 g/mol. The van der Waals surface area contributed by atoms with Crippen molar-refractivity contribution >= 4 is 10.2 Å². The minimum atomic E-state index is -3.33. The van der Waals surface area contributed by atoms with E-state index in [2.05, 4.69) is 0 Å². The number of phenols is 1. The smallest absolute Gasteiger partial charge is 0.282 e. The highest BCUT2D eigenvalue weighted by Gasteiger charge is 2.33. The van der Waals surface area contributed by atoms with Crippen molar-refractivity contribution in [3.63, 3.8) is 0 Å². The molecule has 1 saturated heterocycles. The van der Waals surface area contributed by atoms with E-state index in [0.29, 0.717) is 32.6 Å². The Morgan fingerprint density at radius 2 is 1.74 bits per heavy atom. The van der Waals surface area contributed by atoms with Crippen LogP contribution < -0.4 is 0 Å². The van der Waals surface area contributed by atoms with Gasteiger partial charge in [0.25, 0.3) is 10.2 Å². The molecular formula is C13H18N2O3S. The summed E-state index contributed by atoms with van der Waals surface area (Å²) < 4.78 is 28.0. The molecule has 2 heterocycles. The Morgan fingerprint density at radius 3 is 2.47 bits per heavy atom. The molecule has 0 atom stereocenters.